The largest absolute Gasteiger partial charge is 0.329 e. The van der Waals surface area contributed by atoms with Crippen LogP contribution in [0.5, 0.6) is 0 Å². The van der Waals surface area contributed by atoms with Gasteiger partial charge in [-0.25, -0.2) is 0 Å². The van der Waals surface area contributed by atoms with Gasteiger partial charge in [0.1, 0.15) is 0 Å². The average molecular weight is 286 g/mol. The summed E-state index contributed by atoms with van der Waals surface area (Å²) in [5.41, 5.74) is 5.89. The number of rotatable bonds is 3. The summed E-state index contributed by atoms with van der Waals surface area (Å²) >= 11 is 5.52. The molecule has 1 saturated carbocycles. The quantitative estimate of drug-likeness (QED) is 0.917. The monoisotopic (exact) mass is 285 g/mol. The van der Waals surface area contributed by atoms with E-state index in [9.17, 15) is 0 Å². The van der Waals surface area contributed by atoms with Gasteiger partial charge in [0, 0.05) is 20.7 Å². The molecule has 0 amide bonds. The van der Waals surface area contributed by atoms with Crippen LogP contribution < -0.4 is 5.73 Å². The highest BCUT2D eigenvalue weighted by atomic mass is 79.9. The number of hydrogen-bond donors (Lipinski definition) is 1. The van der Waals surface area contributed by atoms with Gasteiger partial charge in [-0.15, -0.1) is 11.8 Å². The van der Waals surface area contributed by atoms with Crippen molar-refractivity contribution in [2.75, 3.05) is 6.54 Å². The Bertz CT molecular complexity index is 347. The fraction of sp³-hybridized carbons (Fsp3) is 0.500. The van der Waals surface area contributed by atoms with E-state index in [1.807, 2.05) is 17.8 Å². The summed E-state index contributed by atoms with van der Waals surface area (Å²) in [4.78, 5) is 1.31. The third kappa shape index (κ3) is 2.40. The van der Waals surface area contributed by atoms with Crippen LogP contribution in [0.2, 0.25) is 0 Å². The SMILES string of the molecule is CC1CC(CN)(Sc2ccccc2Br)C1. The van der Waals surface area contributed by atoms with Crippen molar-refractivity contribution in [3.05, 3.63) is 28.7 Å². The predicted octanol–water partition coefficient (Wildman–Crippen LogP) is 3.67. The molecule has 0 unspecified atom stereocenters. The molecule has 2 N–H and O–H groups in total. The highest BCUT2D eigenvalue weighted by Gasteiger charge is 2.41. The number of benzene rings is 1. The third-order valence-corrected chi connectivity index (χ3v) is 5.44. The van der Waals surface area contributed by atoms with Crippen molar-refractivity contribution in [2.45, 2.75) is 29.4 Å². The maximum Gasteiger partial charge on any atom is 0.0334 e. The van der Waals surface area contributed by atoms with Gasteiger partial charge in [0.2, 0.25) is 0 Å². The molecule has 0 bridgehead atoms. The maximum absolute atomic E-state index is 5.89. The highest BCUT2D eigenvalue weighted by Crippen LogP contribution is 2.51. The molecular weight excluding hydrogens is 270 g/mol. The first kappa shape index (κ1) is 11.5. The van der Waals surface area contributed by atoms with E-state index in [0.29, 0.717) is 4.75 Å². The van der Waals surface area contributed by atoms with Crippen molar-refractivity contribution in [1.82, 2.24) is 0 Å². The smallest absolute Gasteiger partial charge is 0.0334 e. The Morgan fingerprint density at radius 1 is 1.47 bits per heavy atom. The zero-order valence-corrected chi connectivity index (χ0v) is 11.3. The van der Waals surface area contributed by atoms with E-state index in [4.69, 9.17) is 5.73 Å². The fourth-order valence-electron chi connectivity index (χ4n) is 2.26. The maximum atomic E-state index is 5.89. The Kier molecular flexibility index (Phi) is 3.43. The molecule has 0 aliphatic heterocycles. The minimum absolute atomic E-state index is 0.295. The van der Waals surface area contributed by atoms with Crippen molar-refractivity contribution in [3.63, 3.8) is 0 Å². The number of halogens is 1. The van der Waals surface area contributed by atoms with Gasteiger partial charge >= 0.3 is 0 Å². The van der Waals surface area contributed by atoms with E-state index in [2.05, 4.69) is 41.1 Å². The summed E-state index contributed by atoms with van der Waals surface area (Å²) in [5, 5.41) is 0. The molecule has 1 fully saturated rings. The fourth-order valence-corrected chi connectivity index (χ4v) is 4.39. The van der Waals surface area contributed by atoms with Gasteiger partial charge in [-0.1, -0.05) is 19.1 Å². The van der Waals surface area contributed by atoms with Gasteiger partial charge in [-0.2, -0.15) is 0 Å². The molecule has 82 valence electrons. The van der Waals surface area contributed by atoms with Crippen LogP contribution in [0.4, 0.5) is 0 Å². The third-order valence-electron chi connectivity index (χ3n) is 2.98. The zero-order chi connectivity index (χ0) is 10.9. The highest BCUT2D eigenvalue weighted by molar-refractivity contribution is 9.10. The van der Waals surface area contributed by atoms with Crippen LogP contribution in [0.15, 0.2) is 33.6 Å². The Labute approximate surface area is 104 Å². The summed E-state index contributed by atoms with van der Waals surface area (Å²) < 4.78 is 1.48. The molecule has 1 nitrogen and oxygen atoms in total. The van der Waals surface area contributed by atoms with Crippen molar-refractivity contribution in [2.24, 2.45) is 11.7 Å². The summed E-state index contributed by atoms with van der Waals surface area (Å²) in [5.74, 6) is 0.837. The lowest BCUT2D eigenvalue weighted by Crippen LogP contribution is -2.45. The Balaban J connectivity index is 2.11. The van der Waals surface area contributed by atoms with Crippen LogP contribution in [-0.4, -0.2) is 11.3 Å². The molecular formula is C12H16BrNS. The molecule has 0 radical (unpaired) electrons. The van der Waals surface area contributed by atoms with Gasteiger partial charge < -0.3 is 5.73 Å². The predicted molar refractivity (Wildman–Crippen MR) is 70.2 cm³/mol. The van der Waals surface area contributed by atoms with E-state index in [-0.39, 0.29) is 0 Å². The molecule has 2 rings (SSSR count). The lowest BCUT2D eigenvalue weighted by molar-refractivity contribution is 0.257. The van der Waals surface area contributed by atoms with Gasteiger partial charge in [0.15, 0.2) is 0 Å². The van der Waals surface area contributed by atoms with E-state index >= 15 is 0 Å². The summed E-state index contributed by atoms with van der Waals surface area (Å²) in [6, 6.07) is 8.38. The van der Waals surface area contributed by atoms with Crippen LogP contribution in [0, 0.1) is 5.92 Å². The lowest BCUT2D eigenvalue weighted by Gasteiger charge is -2.45. The van der Waals surface area contributed by atoms with Gasteiger partial charge in [-0.3, -0.25) is 0 Å². The van der Waals surface area contributed by atoms with Gasteiger partial charge in [0.25, 0.3) is 0 Å². The van der Waals surface area contributed by atoms with Crippen LogP contribution >= 0.6 is 27.7 Å². The van der Waals surface area contributed by atoms with Crippen LogP contribution in [0.1, 0.15) is 19.8 Å². The average Bonchev–Trinajstić information content (AvgIpc) is 2.18. The molecule has 0 heterocycles. The molecule has 0 saturated heterocycles. The Morgan fingerprint density at radius 2 is 2.13 bits per heavy atom. The Morgan fingerprint density at radius 3 is 2.67 bits per heavy atom. The van der Waals surface area contributed by atoms with Crippen LogP contribution in [-0.2, 0) is 0 Å². The van der Waals surface area contributed by atoms with Crippen molar-refractivity contribution in [1.29, 1.82) is 0 Å². The topological polar surface area (TPSA) is 26.0 Å². The van der Waals surface area contributed by atoms with E-state index in [0.717, 1.165) is 12.5 Å². The van der Waals surface area contributed by atoms with Gasteiger partial charge in [-0.05, 0) is 46.8 Å². The molecule has 1 aromatic rings. The van der Waals surface area contributed by atoms with Crippen molar-refractivity contribution < 1.29 is 0 Å². The molecule has 15 heavy (non-hydrogen) atoms. The molecule has 1 aliphatic rings. The van der Waals surface area contributed by atoms with Crippen molar-refractivity contribution >= 4 is 27.7 Å². The molecule has 1 aromatic carbocycles. The molecule has 0 spiro atoms. The molecule has 0 atom stereocenters. The second-order valence-corrected chi connectivity index (χ2v) is 6.80. The minimum Gasteiger partial charge on any atom is -0.329 e. The Hall–Kier alpha value is 0.01000. The van der Waals surface area contributed by atoms with Crippen molar-refractivity contribution in [3.8, 4) is 0 Å². The molecule has 0 aromatic heterocycles. The minimum atomic E-state index is 0.295. The second kappa shape index (κ2) is 4.48. The zero-order valence-electron chi connectivity index (χ0n) is 8.87. The van der Waals surface area contributed by atoms with Gasteiger partial charge in [0.05, 0.1) is 0 Å². The molecule has 3 heteroatoms. The normalized spacial score (nSPS) is 29.9. The molecule has 1 aliphatic carbocycles. The second-order valence-electron chi connectivity index (χ2n) is 4.43. The summed E-state index contributed by atoms with van der Waals surface area (Å²) in [6.45, 7) is 3.08. The van der Waals surface area contributed by atoms with E-state index < -0.39 is 0 Å². The first-order valence-corrected chi connectivity index (χ1v) is 6.90. The summed E-state index contributed by atoms with van der Waals surface area (Å²) in [7, 11) is 0. The number of hydrogen-bond acceptors (Lipinski definition) is 2. The first-order chi connectivity index (χ1) is 7.15. The van der Waals surface area contributed by atoms with Crippen LogP contribution in [0.25, 0.3) is 0 Å². The lowest BCUT2D eigenvalue weighted by atomic mass is 9.75. The van der Waals surface area contributed by atoms with E-state index in [1.54, 1.807) is 0 Å². The van der Waals surface area contributed by atoms with E-state index in [1.165, 1.54) is 22.2 Å². The van der Waals surface area contributed by atoms with Crippen LogP contribution in [0.3, 0.4) is 0 Å². The number of nitrogens with two attached hydrogens (primary N) is 1. The standard InChI is InChI=1S/C12H16BrNS/c1-9-6-12(7-9,8-14)15-11-5-3-2-4-10(11)13/h2-5,9H,6-8,14H2,1H3. The summed E-state index contributed by atoms with van der Waals surface area (Å²) in [6.07, 6.45) is 2.49. The first-order valence-electron chi connectivity index (χ1n) is 5.29. The number of thioether (sulfide) groups is 1.